The van der Waals surface area contributed by atoms with Crippen LogP contribution in [0.5, 0.6) is 0 Å². The van der Waals surface area contributed by atoms with E-state index in [-0.39, 0.29) is 0 Å². The van der Waals surface area contributed by atoms with Crippen LogP contribution in [0.3, 0.4) is 0 Å². The van der Waals surface area contributed by atoms with E-state index in [4.69, 9.17) is 24.8 Å². The number of aromatic nitrogens is 3. The number of thiophene rings is 1. The monoisotopic (exact) mass is 616 g/mol. The van der Waals surface area contributed by atoms with Gasteiger partial charge in [-0.05, 0) is 54.4 Å². The van der Waals surface area contributed by atoms with Crippen molar-refractivity contribution in [1.29, 1.82) is 0 Å². The summed E-state index contributed by atoms with van der Waals surface area (Å²) >= 11 is 1.78. The van der Waals surface area contributed by atoms with Crippen molar-refractivity contribution >= 4 is 34.3 Å². The average molecular weight is 617 g/mol. The fourth-order valence-corrected chi connectivity index (χ4v) is 4.84. The molecule has 8 nitrogen and oxygen atoms in total. The number of piperidine rings is 1. The number of aliphatic carboxylic acids is 2. The number of aryl methyl sites for hydroxylation is 1. The van der Waals surface area contributed by atoms with Crippen LogP contribution >= 0.6 is 11.3 Å². The zero-order valence-electron chi connectivity index (χ0n) is 22.1. The minimum absolute atomic E-state index is 0.514. The number of likely N-dealkylation sites (tertiary alicyclic amines) is 1. The molecule has 226 valence electrons. The smallest absolute Gasteiger partial charge is 0.475 e. The zero-order valence-corrected chi connectivity index (χ0v) is 22.9. The molecule has 1 aromatic carbocycles. The predicted octanol–water partition coefficient (Wildman–Crippen LogP) is 6.34. The van der Waals surface area contributed by atoms with Gasteiger partial charge in [-0.2, -0.15) is 37.7 Å². The molecule has 0 spiro atoms. The first-order valence-corrected chi connectivity index (χ1v) is 13.3. The second-order valence-corrected chi connectivity index (χ2v) is 10.1. The van der Waals surface area contributed by atoms with Gasteiger partial charge in [0.2, 0.25) is 0 Å². The molecule has 0 unspecified atom stereocenters. The normalized spacial score (nSPS) is 14.5. The van der Waals surface area contributed by atoms with Gasteiger partial charge in [0, 0.05) is 30.8 Å². The lowest BCUT2D eigenvalue weighted by Gasteiger charge is -2.31. The Morgan fingerprint density at radius 3 is 2.05 bits per heavy atom. The van der Waals surface area contributed by atoms with Crippen LogP contribution in [0.1, 0.15) is 30.0 Å². The number of carboxylic acid groups (broad SMARTS) is 2. The minimum Gasteiger partial charge on any atom is -0.475 e. The summed E-state index contributed by atoms with van der Waals surface area (Å²) in [6.07, 6.45) is -5.95. The van der Waals surface area contributed by atoms with E-state index in [0.717, 1.165) is 49.2 Å². The topological polar surface area (TPSA) is 109 Å². The number of carboxylic acids is 2. The first kappa shape index (κ1) is 32.5. The van der Waals surface area contributed by atoms with Crippen LogP contribution in [0, 0.1) is 0 Å². The minimum atomic E-state index is -5.08. The Morgan fingerprint density at radius 1 is 0.976 bits per heavy atom. The van der Waals surface area contributed by atoms with Crippen molar-refractivity contribution in [2.45, 2.75) is 37.7 Å². The van der Waals surface area contributed by atoms with Gasteiger partial charge in [0.15, 0.2) is 0 Å². The third kappa shape index (κ3) is 9.01. The molecule has 0 atom stereocenters. The molecule has 42 heavy (non-hydrogen) atoms. The molecule has 0 amide bonds. The average Bonchev–Trinajstić information content (AvgIpc) is 3.58. The van der Waals surface area contributed by atoms with Crippen LogP contribution in [0.4, 0.5) is 26.3 Å². The van der Waals surface area contributed by atoms with Crippen LogP contribution in [0.25, 0.3) is 22.3 Å². The maximum Gasteiger partial charge on any atom is 0.490 e. The molecular formula is C27H26F6N4O4S. The molecule has 0 radical (unpaired) electrons. The van der Waals surface area contributed by atoms with Crippen molar-refractivity contribution < 1.29 is 46.1 Å². The Bertz CT molecular complexity index is 1440. The Morgan fingerprint density at radius 2 is 1.55 bits per heavy atom. The molecule has 0 saturated carbocycles. The van der Waals surface area contributed by atoms with Crippen LogP contribution in [0.2, 0.25) is 0 Å². The van der Waals surface area contributed by atoms with Gasteiger partial charge in [-0.3, -0.25) is 9.88 Å². The lowest BCUT2D eigenvalue weighted by atomic mass is 9.92. The number of alkyl halides is 6. The maximum atomic E-state index is 10.6. The molecule has 0 aliphatic carbocycles. The first-order chi connectivity index (χ1) is 19.7. The highest BCUT2D eigenvalue weighted by Gasteiger charge is 2.38. The lowest BCUT2D eigenvalue weighted by Crippen LogP contribution is -2.32. The van der Waals surface area contributed by atoms with E-state index in [9.17, 15) is 26.3 Å². The Labute approximate surface area is 239 Å². The molecule has 0 bridgehead atoms. The molecular weight excluding hydrogens is 590 g/mol. The van der Waals surface area contributed by atoms with E-state index in [1.54, 1.807) is 11.3 Å². The molecule has 1 aliphatic rings. The summed E-state index contributed by atoms with van der Waals surface area (Å²) in [5.74, 6) is -5.00. The number of nitrogens with zero attached hydrogens (tertiary/aromatic N) is 4. The van der Waals surface area contributed by atoms with Crippen molar-refractivity contribution in [3.63, 3.8) is 0 Å². The number of halogens is 6. The molecule has 4 aromatic rings. The van der Waals surface area contributed by atoms with Gasteiger partial charge in [-0.1, -0.05) is 30.3 Å². The summed E-state index contributed by atoms with van der Waals surface area (Å²) in [5.41, 5.74) is 6.96. The number of pyridine rings is 1. The molecule has 1 fully saturated rings. The number of benzene rings is 1. The number of hydrogen-bond acceptors (Lipinski definition) is 6. The van der Waals surface area contributed by atoms with Gasteiger partial charge < -0.3 is 14.8 Å². The summed E-state index contributed by atoms with van der Waals surface area (Å²) in [5, 5.41) is 18.7. The van der Waals surface area contributed by atoms with Gasteiger partial charge in [0.1, 0.15) is 5.52 Å². The van der Waals surface area contributed by atoms with Gasteiger partial charge in [-0.25, -0.2) is 14.6 Å². The molecule has 1 saturated heterocycles. The number of rotatable bonds is 4. The van der Waals surface area contributed by atoms with Crippen LogP contribution in [-0.4, -0.2) is 67.0 Å². The fraction of sp³-hybridized carbons (Fsp3) is 0.333. The molecule has 3 aromatic heterocycles. The zero-order chi connectivity index (χ0) is 31.1. The molecule has 2 N–H and O–H groups in total. The van der Waals surface area contributed by atoms with Gasteiger partial charge in [-0.15, -0.1) is 0 Å². The first-order valence-electron chi connectivity index (χ1n) is 12.4. The Hall–Kier alpha value is -3.98. The maximum absolute atomic E-state index is 10.6. The SMILES string of the molecule is Cn1cnc2c(-c3ccccc3)nc(C3CCN(Cc4ccsc4)CC3)cc21.O=C(O)C(F)(F)F.O=C(O)C(F)(F)F. The van der Waals surface area contributed by atoms with Gasteiger partial charge in [0.25, 0.3) is 0 Å². The summed E-state index contributed by atoms with van der Waals surface area (Å²) in [6, 6.07) is 14.9. The third-order valence-corrected chi connectivity index (χ3v) is 6.99. The van der Waals surface area contributed by atoms with Crippen molar-refractivity contribution in [3.05, 3.63) is 70.8 Å². The largest absolute Gasteiger partial charge is 0.490 e. The molecule has 1 aliphatic heterocycles. The van der Waals surface area contributed by atoms with Crippen LogP contribution in [0.15, 0.2) is 59.6 Å². The van der Waals surface area contributed by atoms with E-state index in [0.29, 0.717) is 5.92 Å². The quantitative estimate of drug-likeness (QED) is 0.258. The van der Waals surface area contributed by atoms with E-state index in [2.05, 4.69) is 68.7 Å². The fourth-order valence-electron chi connectivity index (χ4n) is 4.18. The molecule has 15 heteroatoms. The second-order valence-electron chi connectivity index (χ2n) is 9.27. The molecule has 5 rings (SSSR count). The van der Waals surface area contributed by atoms with Crippen molar-refractivity contribution in [1.82, 2.24) is 19.4 Å². The Balaban J connectivity index is 0.000000289. The van der Waals surface area contributed by atoms with Gasteiger partial charge in [0.05, 0.1) is 17.5 Å². The van der Waals surface area contributed by atoms with Crippen LogP contribution < -0.4 is 0 Å². The lowest BCUT2D eigenvalue weighted by molar-refractivity contribution is -0.193. The van der Waals surface area contributed by atoms with E-state index in [1.165, 1.54) is 16.8 Å². The molecule has 4 heterocycles. The van der Waals surface area contributed by atoms with E-state index in [1.807, 2.05) is 12.4 Å². The summed E-state index contributed by atoms with van der Waals surface area (Å²) in [4.78, 5) is 30.1. The number of carbonyl (C=O) groups is 2. The predicted molar refractivity (Wildman–Crippen MR) is 143 cm³/mol. The Kier molecular flexibility index (Phi) is 10.7. The summed E-state index contributed by atoms with van der Waals surface area (Å²) in [7, 11) is 2.07. The third-order valence-electron chi connectivity index (χ3n) is 6.26. The summed E-state index contributed by atoms with van der Waals surface area (Å²) < 4.78 is 65.6. The van der Waals surface area contributed by atoms with E-state index >= 15 is 0 Å². The van der Waals surface area contributed by atoms with Crippen LogP contribution in [-0.2, 0) is 23.2 Å². The van der Waals surface area contributed by atoms with Crippen molar-refractivity contribution in [3.8, 4) is 11.3 Å². The van der Waals surface area contributed by atoms with Gasteiger partial charge >= 0.3 is 24.3 Å². The van der Waals surface area contributed by atoms with Crippen molar-refractivity contribution in [2.24, 2.45) is 7.05 Å². The number of hydrogen-bond donors (Lipinski definition) is 2. The number of imidazole rings is 1. The standard InChI is InChI=1S/C23H24N4S.2C2HF3O2/c1-26-16-24-23-21(26)13-20(25-22(23)19-5-3-2-4-6-19)18-7-10-27(11-8-18)14-17-9-12-28-15-17;2*3-2(4,5)1(6)7/h2-6,9,12-13,15-16,18H,7-8,10-11,14H2,1H3;2*(H,6,7). The van der Waals surface area contributed by atoms with Crippen molar-refractivity contribution in [2.75, 3.05) is 13.1 Å². The highest BCUT2D eigenvalue weighted by molar-refractivity contribution is 7.07. The summed E-state index contributed by atoms with van der Waals surface area (Å²) in [6.45, 7) is 3.33. The highest BCUT2D eigenvalue weighted by atomic mass is 32.1. The second kappa shape index (κ2) is 13.8. The number of fused-ring (bicyclic) bond motifs is 1. The van der Waals surface area contributed by atoms with E-state index < -0.39 is 24.3 Å². The highest BCUT2D eigenvalue weighted by Crippen LogP contribution is 2.33.